The second kappa shape index (κ2) is 7.54. The fourth-order valence-electron chi connectivity index (χ4n) is 2.65. The number of aromatic nitrogens is 1. The molecular formula is C20H17ClN2O3. The van der Waals surface area contributed by atoms with Gasteiger partial charge < -0.3 is 10.1 Å². The highest BCUT2D eigenvalue weighted by molar-refractivity contribution is 6.33. The summed E-state index contributed by atoms with van der Waals surface area (Å²) in [5.74, 6) is -1.02. The highest BCUT2D eigenvalue weighted by Gasteiger charge is 2.19. The van der Waals surface area contributed by atoms with E-state index in [-0.39, 0.29) is 0 Å². The number of amides is 1. The molecule has 26 heavy (non-hydrogen) atoms. The molecule has 0 spiro atoms. The Morgan fingerprint density at radius 2 is 1.77 bits per heavy atom. The van der Waals surface area contributed by atoms with Gasteiger partial charge in [-0.25, -0.2) is 4.79 Å². The van der Waals surface area contributed by atoms with E-state index in [0.717, 1.165) is 11.3 Å². The van der Waals surface area contributed by atoms with E-state index >= 15 is 0 Å². The molecule has 1 amide bonds. The largest absolute Gasteiger partial charge is 0.452 e. The summed E-state index contributed by atoms with van der Waals surface area (Å²) in [4.78, 5) is 29.1. The van der Waals surface area contributed by atoms with Crippen LogP contribution in [-0.4, -0.2) is 23.5 Å². The number of aryl methyl sites for hydroxylation is 1. The Labute approximate surface area is 156 Å². The highest BCUT2D eigenvalue weighted by Crippen LogP contribution is 2.24. The van der Waals surface area contributed by atoms with E-state index in [4.69, 9.17) is 16.3 Å². The summed E-state index contributed by atoms with van der Waals surface area (Å²) in [6.45, 7) is 3.25. The van der Waals surface area contributed by atoms with Crippen molar-refractivity contribution in [2.75, 3.05) is 11.9 Å². The van der Waals surface area contributed by atoms with E-state index < -0.39 is 18.5 Å². The average molecular weight is 369 g/mol. The average Bonchev–Trinajstić information content (AvgIpc) is 2.63. The molecule has 1 heterocycles. The predicted octanol–water partition coefficient (Wildman–Crippen LogP) is 4.30. The first kappa shape index (κ1) is 17.9. The maximum absolute atomic E-state index is 12.6. The molecule has 132 valence electrons. The lowest BCUT2D eigenvalue weighted by atomic mass is 10.0. The molecule has 0 saturated carbocycles. The van der Waals surface area contributed by atoms with Gasteiger partial charge in [0.05, 0.1) is 21.8 Å². The number of para-hydroxylation sites is 2. The van der Waals surface area contributed by atoms with Crippen LogP contribution in [0.25, 0.3) is 10.9 Å². The van der Waals surface area contributed by atoms with Gasteiger partial charge in [-0.2, -0.15) is 0 Å². The topological polar surface area (TPSA) is 68.3 Å². The predicted molar refractivity (Wildman–Crippen MR) is 102 cm³/mol. The number of carbonyl (C=O) groups is 2. The third-order valence-corrected chi connectivity index (χ3v) is 4.40. The monoisotopic (exact) mass is 368 g/mol. The number of rotatable bonds is 4. The van der Waals surface area contributed by atoms with Crippen LogP contribution in [0.3, 0.4) is 0 Å². The molecule has 0 aliphatic rings. The first-order valence-electron chi connectivity index (χ1n) is 8.05. The Morgan fingerprint density at radius 3 is 2.54 bits per heavy atom. The second-order valence-electron chi connectivity index (χ2n) is 5.82. The standard InChI is InChI=1S/C20H17ClN2O3/c1-12-13(2)22-16-9-5-3-7-14(16)19(12)20(25)26-11-18(24)23-17-10-6-4-8-15(17)21/h3-10H,11H2,1-2H3,(H,23,24). The van der Waals surface area contributed by atoms with Crippen molar-refractivity contribution in [2.45, 2.75) is 13.8 Å². The number of ether oxygens (including phenoxy) is 1. The number of esters is 1. The van der Waals surface area contributed by atoms with Crippen LogP contribution in [0.2, 0.25) is 5.02 Å². The number of fused-ring (bicyclic) bond motifs is 1. The third kappa shape index (κ3) is 3.68. The molecule has 1 aromatic heterocycles. The van der Waals surface area contributed by atoms with Crippen molar-refractivity contribution in [1.82, 2.24) is 4.98 Å². The van der Waals surface area contributed by atoms with Gasteiger partial charge in [0, 0.05) is 11.1 Å². The molecule has 0 radical (unpaired) electrons. The van der Waals surface area contributed by atoms with Crippen LogP contribution in [0.4, 0.5) is 5.69 Å². The minimum absolute atomic E-state index is 0.404. The Kier molecular flexibility index (Phi) is 5.19. The molecule has 6 heteroatoms. The number of carbonyl (C=O) groups excluding carboxylic acids is 2. The third-order valence-electron chi connectivity index (χ3n) is 4.07. The zero-order chi connectivity index (χ0) is 18.7. The summed E-state index contributed by atoms with van der Waals surface area (Å²) in [7, 11) is 0. The van der Waals surface area contributed by atoms with Crippen molar-refractivity contribution in [2.24, 2.45) is 0 Å². The lowest BCUT2D eigenvalue weighted by molar-refractivity contribution is -0.119. The molecule has 1 N–H and O–H groups in total. The summed E-state index contributed by atoms with van der Waals surface area (Å²) in [5, 5.41) is 3.74. The van der Waals surface area contributed by atoms with Crippen LogP contribution in [0.5, 0.6) is 0 Å². The molecule has 0 fully saturated rings. The molecule has 3 rings (SSSR count). The van der Waals surface area contributed by atoms with Crippen molar-refractivity contribution in [3.05, 3.63) is 70.4 Å². The molecule has 0 unspecified atom stereocenters. The summed E-state index contributed by atoms with van der Waals surface area (Å²) in [6, 6.07) is 14.2. The molecule has 0 bridgehead atoms. The van der Waals surface area contributed by atoms with Crippen molar-refractivity contribution >= 4 is 40.1 Å². The van der Waals surface area contributed by atoms with Gasteiger partial charge in [-0.05, 0) is 37.6 Å². The van der Waals surface area contributed by atoms with Gasteiger partial charge in [-0.3, -0.25) is 9.78 Å². The number of pyridine rings is 1. The highest BCUT2D eigenvalue weighted by atomic mass is 35.5. The molecular weight excluding hydrogens is 352 g/mol. The van der Waals surface area contributed by atoms with Crippen LogP contribution in [0, 0.1) is 13.8 Å². The molecule has 2 aromatic carbocycles. The van der Waals surface area contributed by atoms with Crippen LogP contribution < -0.4 is 5.32 Å². The van der Waals surface area contributed by atoms with E-state index in [0.29, 0.717) is 27.2 Å². The second-order valence-corrected chi connectivity index (χ2v) is 6.23. The van der Waals surface area contributed by atoms with Crippen molar-refractivity contribution in [1.29, 1.82) is 0 Å². The van der Waals surface area contributed by atoms with E-state index in [2.05, 4.69) is 10.3 Å². The van der Waals surface area contributed by atoms with E-state index in [1.165, 1.54) is 0 Å². The number of anilines is 1. The lowest BCUT2D eigenvalue weighted by Gasteiger charge is -2.12. The fraction of sp³-hybridized carbons (Fsp3) is 0.150. The van der Waals surface area contributed by atoms with Gasteiger partial charge in [0.2, 0.25) is 0 Å². The Morgan fingerprint density at radius 1 is 1.08 bits per heavy atom. The van der Waals surface area contributed by atoms with E-state index in [9.17, 15) is 9.59 Å². The Hall–Kier alpha value is -2.92. The molecule has 0 aliphatic heterocycles. The van der Waals surface area contributed by atoms with Crippen molar-refractivity contribution in [3.8, 4) is 0 Å². The van der Waals surface area contributed by atoms with Crippen LogP contribution >= 0.6 is 11.6 Å². The summed E-state index contributed by atoms with van der Waals surface area (Å²) in [5.41, 5.74) is 3.09. The number of hydrogen-bond donors (Lipinski definition) is 1. The lowest BCUT2D eigenvalue weighted by Crippen LogP contribution is -2.21. The number of nitrogens with one attached hydrogen (secondary N) is 1. The molecule has 0 aliphatic carbocycles. The zero-order valence-electron chi connectivity index (χ0n) is 14.4. The van der Waals surface area contributed by atoms with E-state index in [1.807, 2.05) is 38.1 Å². The number of hydrogen-bond acceptors (Lipinski definition) is 4. The van der Waals surface area contributed by atoms with Crippen LogP contribution in [0.1, 0.15) is 21.6 Å². The SMILES string of the molecule is Cc1nc2ccccc2c(C(=O)OCC(=O)Nc2ccccc2Cl)c1C. The summed E-state index contributed by atoms with van der Waals surface area (Å²) < 4.78 is 5.22. The number of nitrogens with zero attached hydrogens (tertiary/aromatic N) is 1. The van der Waals surface area contributed by atoms with Crippen LogP contribution in [-0.2, 0) is 9.53 Å². The van der Waals surface area contributed by atoms with Gasteiger partial charge in [0.15, 0.2) is 6.61 Å². The molecule has 0 atom stereocenters. The maximum Gasteiger partial charge on any atom is 0.339 e. The van der Waals surface area contributed by atoms with Gasteiger partial charge in [-0.1, -0.05) is 41.9 Å². The molecule has 3 aromatic rings. The summed E-state index contributed by atoms with van der Waals surface area (Å²) >= 11 is 6.00. The quantitative estimate of drug-likeness (QED) is 0.697. The van der Waals surface area contributed by atoms with Crippen molar-refractivity contribution in [3.63, 3.8) is 0 Å². The number of halogens is 1. The van der Waals surface area contributed by atoms with Crippen molar-refractivity contribution < 1.29 is 14.3 Å². The first-order chi connectivity index (χ1) is 12.5. The smallest absolute Gasteiger partial charge is 0.339 e. The van der Waals surface area contributed by atoms with Crippen LogP contribution in [0.15, 0.2) is 48.5 Å². The normalized spacial score (nSPS) is 10.6. The minimum atomic E-state index is -0.557. The molecule has 0 saturated heterocycles. The van der Waals surface area contributed by atoms with Gasteiger partial charge in [0.25, 0.3) is 5.91 Å². The zero-order valence-corrected chi connectivity index (χ0v) is 15.1. The number of benzene rings is 2. The van der Waals surface area contributed by atoms with Gasteiger partial charge in [-0.15, -0.1) is 0 Å². The van der Waals surface area contributed by atoms with Gasteiger partial charge in [0.1, 0.15) is 0 Å². The molecule has 5 nitrogen and oxygen atoms in total. The summed E-state index contributed by atoms with van der Waals surface area (Å²) in [6.07, 6.45) is 0. The fourth-order valence-corrected chi connectivity index (χ4v) is 2.83. The Balaban J connectivity index is 1.77. The maximum atomic E-state index is 12.6. The van der Waals surface area contributed by atoms with Gasteiger partial charge >= 0.3 is 5.97 Å². The Bertz CT molecular complexity index is 1000. The minimum Gasteiger partial charge on any atom is -0.452 e. The van der Waals surface area contributed by atoms with E-state index in [1.54, 1.807) is 24.3 Å². The first-order valence-corrected chi connectivity index (χ1v) is 8.42.